The number of alkyl halides is 3. The molecule has 0 atom stereocenters. The predicted octanol–water partition coefficient (Wildman–Crippen LogP) is 4.12. The number of carbonyl (C=O) groups is 1. The average molecular weight is 320 g/mol. The van der Waals surface area contributed by atoms with E-state index in [9.17, 15) is 18.0 Å². The van der Waals surface area contributed by atoms with Crippen LogP contribution in [0.1, 0.15) is 10.4 Å². The van der Waals surface area contributed by atoms with Gasteiger partial charge < -0.3 is 4.74 Å². The van der Waals surface area contributed by atoms with Gasteiger partial charge in [-0.2, -0.15) is 0 Å². The van der Waals surface area contributed by atoms with Gasteiger partial charge in [-0.15, -0.1) is 13.2 Å². The Morgan fingerprint density at radius 2 is 1.70 bits per heavy atom. The molecule has 1 aliphatic rings. The molecule has 0 bridgehead atoms. The van der Waals surface area contributed by atoms with Crippen LogP contribution in [0.15, 0.2) is 52.8 Å². The van der Waals surface area contributed by atoms with Crippen molar-refractivity contribution in [3.63, 3.8) is 0 Å². The van der Waals surface area contributed by atoms with Gasteiger partial charge in [-0.1, -0.05) is 16.8 Å². The van der Waals surface area contributed by atoms with Crippen molar-refractivity contribution in [2.45, 2.75) is 6.36 Å². The van der Waals surface area contributed by atoms with Crippen molar-refractivity contribution in [3.05, 3.63) is 48.0 Å². The maximum atomic E-state index is 12.1. The molecule has 0 unspecified atom stereocenters. The van der Waals surface area contributed by atoms with Crippen molar-refractivity contribution < 1.29 is 27.4 Å². The lowest BCUT2D eigenvalue weighted by Crippen LogP contribution is -2.17. The van der Waals surface area contributed by atoms with Crippen LogP contribution in [-0.2, 0) is 0 Å². The fourth-order valence-electron chi connectivity index (χ4n) is 2.10. The molecule has 0 aromatic heterocycles. The maximum absolute atomic E-state index is 12.1. The van der Waals surface area contributed by atoms with Crippen LogP contribution in [0, 0.1) is 0 Å². The zero-order valence-electron chi connectivity index (χ0n) is 11.5. The van der Waals surface area contributed by atoms with E-state index >= 15 is 0 Å². The zero-order chi connectivity index (χ0) is 16.6. The quantitative estimate of drug-likeness (QED) is 0.782. The van der Waals surface area contributed by atoms with Gasteiger partial charge in [0.05, 0.1) is 11.8 Å². The molecule has 0 fully saturated rings. The van der Waals surface area contributed by atoms with Crippen molar-refractivity contribution >= 4 is 18.3 Å². The van der Waals surface area contributed by atoms with Gasteiger partial charge in [-0.3, -0.25) is 0 Å². The van der Waals surface area contributed by atoms with Crippen LogP contribution in [0.3, 0.4) is 0 Å². The molecule has 0 N–H and O–H groups in total. The van der Waals surface area contributed by atoms with Gasteiger partial charge in [0.15, 0.2) is 0 Å². The topological polar surface area (TPSA) is 54.0 Å². The molecule has 0 saturated carbocycles. The van der Waals surface area contributed by atoms with Crippen LogP contribution in [0.2, 0.25) is 0 Å². The van der Waals surface area contributed by atoms with Gasteiger partial charge in [0.2, 0.25) is 5.69 Å². The van der Waals surface area contributed by atoms with E-state index in [1.807, 2.05) is 0 Å². The first kappa shape index (κ1) is 14.9. The Hall–Kier alpha value is -3.03. The molecule has 23 heavy (non-hydrogen) atoms. The molecule has 8 heteroatoms. The molecule has 0 spiro atoms. The highest BCUT2D eigenvalue weighted by atomic mass is 19.4. The van der Waals surface area contributed by atoms with Crippen LogP contribution >= 0.6 is 0 Å². The summed E-state index contributed by atoms with van der Waals surface area (Å²) in [5.41, 5.74) is 2.02. The molecule has 2 aromatic carbocycles. The zero-order valence-corrected chi connectivity index (χ0v) is 11.5. The molecule has 0 radical (unpaired) electrons. The highest BCUT2D eigenvalue weighted by Crippen LogP contribution is 2.31. The number of fused-ring (bicyclic) bond motifs is 1. The summed E-state index contributed by atoms with van der Waals surface area (Å²) >= 11 is 0. The maximum Gasteiger partial charge on any atom is 0.573 e. The summed E-state index contributed by atoms with van der Waals surface area (Å²) in [7, 11) is 0. The van der Waals surface area contributed by atoms with Gasteiger partial charge in [-0.25, -0.2) is 4.79 Å². The molecule has 1 heterocycles. The lowest BCUT2D eigenvalue weighted by atomic mass is 10.0. The summed E-state index contributed by atoms with van der Waals surface area (Å²) < 4.78 is 41.1. The second kappa shape index (κ2) is 5.31. The number of amides is 1. The minimum absolute atomic E-state index is 0.312. The van der Waals surface area contributed by atoms with E-state index in [1.165, 1.54) is 24.3 Å². The van der Waals surface area contributed by atoms with Gasteiger partial charge >= 0.3 is 12.3 Å². The number of ether oxygens (including phenoxy) is 1. The van der Waals surface area contributed by atoms with E-state index in [-0.39, 0.29) is 5.75 Å². The summed E-state index contributed by atoms with van der Waals surface area (Å²) in [6, 6.07) is 10.3. The fraction of sp³-hybridized carbons (Fsp3) is 0.0667. The first-order valence-corrected chi connectivity index (χ1v) is 6.40. The molecule has 5 nitrogen and oxygen atoms in total. The molecule has 3 rings (SSSR count). The van der Waals surface area contributed by atoms with Gasteiger partial charge in [-0.05, 0) is 41.5 Å². The van der Waals surface area contributed by atoms with Crippen molar-refractivity contribution in [2.24, 2.45) is 10.3 Å². The standard InChI is InChI=1S/C15H9F3N3O2/c1-21-14(22)12-8-10(4-7-13(12)19-20-21)9-2-5-11(6-3-9)23-15(16,17)18/h2-8H,1H2/q+1. The van der Waals surface area contributed by atoms with E-state index in [2.05, 4.69) is 21.8 Å². The Morgan fingerprint density at radius 1 is 1.04 bits per heavy atom. The van der Waals surface area contributed by atoms with E-state index in [4.69, 9.17) is 0 Å². The third-order valence-electron chi connectivity index (χ3n) is 3.14. The van der Waals surface area contributed by atoms with Crippen molar-refractivity contribution in [2.75, 3.05) is 0 Å². The Morgan fingerprint density at radius 3 is 2.35 bits per heavy atom. The Labute approximate surface area is 128 Å². The first-order valence-electron chi connectivity index (χ1n) is 6.40. The number of hydrogen-bond acceptors (Lipinski definition) is 4. The largest absolute Gasteiger partial charge is 0.573 e. The van der Waals surface area contributed by atoms with Gasteiger partial charge in [0.1, 0.15) is 16.5 Å². The highest BCUT2D eigenvalue weighted by molar-refractivity contribution is 5.96. The minimum Gasteiger partial charge on any atom is -0.406 e. The third kappa shape index (κ3) is 3.10. The van der Waals surface area contributed by atoms with Gasteiger partial charge in [0, 0.05) is 0 Å². The smallest absolute Gasteiger partial charge is 0.406 e. The molecule has 0 saturated heterocycles. The fourth-order valence-corrected chi connectivity index (χ4v) is 2.10. The highest BCUT2D eigenvalue weighted by Gasteiger charge is 2.31. The third-order valence-corrected chi connectivity index (χ3v) is 3.14. The van der Waals surface area contributed by atoms with Crippen LogP contribution in [0.25, 0.3) is 11.1 Å². The summed E-state index contributed by atoms with van der Waals surface area (Å²) in [5.74, 6) is -0.720. The van der Waals surface area contributed by atoms with Crippen LogP contribution in [0.5, 0.6) is 5.75 Å². The van der Waals surface area contributed by atoms with Crippen molar-refractivity contribution in [1.29, 1.82) is 0 Å². The molecule has 2 aromatic rings. The predicted molar refractivity (Wildman–Crippen MR) is 74.8 cm³/mol. The van der Waals surface area contributed by atoms with Crippen LogP contribution in [0.4, 0.5) is 18.9 Å². The number of halogens is 3. The number of rotatable bonds is 2. The SMILES string of the molecule is C=[N+]1N=Nc2ccc(-c3ccc(OC(F)(F)F)cc3)cc2C1=O. The molecule has 1 aliphatic heterocycles. The second-order valence-electron chi connectivity index (χ2n) is 4.70. The lowest BCUT2D eigenvalue weighted by Gasteiger charge is -2.10. The molecule has 0 aliphatic carbocycles. The van der Waals surface area contributed by atoms with Crippen LogP contribution in [-0.4, -0.2) is 23.7 Å². The van der Waals surface area contributed by atoms with E-state index in [0.29, 0.717) is 22.4 Å². The van der Waals surface area contributed by atoms with Crippen molar-refractivity contribution in [1.82, 2.24) is 0 Å². The van der Waals surface area contributed by atoms with E-state index < -0.39 is 12.3 Å². The number of carbonyl (C=O) groups excluding carboxylic acids is 1. The molecular weight excluding hydrogens is 311 g/mol. The van der Waals surface area contributed by atoms with Crippen molar-refractivity contribution in [3.8, 4) is 16.9 Å². The Kier molecular flexibility index (Phi) is 3.44. The summed E-state index contributed by atoms with van der Waals surface area (Å²) in [4.78, 5) is 12.0. The first-order chi connectivity index (χ1) is 10.8. The van der Waals surface area contributed by atoms with Crippen LogP contribution < -0.4 is 4.74 Å². The minimum atomic E-state index is -4.73. The normalized spacial score (nSPS) is 13.9. The summed E-state index contributed by atoms with van der Waals surface area (Å²) in [6.07, 6.45) is -4.73. The van der Waals surface area contributed by atoms with E-state index in [0.717, 1.165) is 4.68 Å². The molecule has 116 valence electrons. The Bertz CT molecular complexity index is 827. The number of hydrogen-bond donors (Lipinski definition) is 0. The molecular formula is C15H9F3N3O2+. The van der Waals surface area contributed by atoms with Gasteiger partial charge in [0.25, 0.3) is 0 Å². The lowest BCUT2D eigenvalue weighted by molar-refractivity contribution is -0.435. The Balaban J connectivity index is 1.93. The molecule has 1 amide bonds. The monoisotopic (exact) mass is 320 g/mol. The summed E-state index contributed by atoms with van der Waals surface area (Å²) in [6.45, 7) is 3.43. The summed E-state index contributed by atoms with van der Waals surface area (Å²) in [5, 5.41) is 7.41. The second-order valence-corrected chi connectivity index (χ2v) is 4.70. The van der Waals surface area contributed by atoms with E-state index in [1.54, 1.807) is 18.2 Å². The average Bonchev–Trinajstić information content (AvgIpc) is 2.50. The number of benzene rings is 2. The number of nitrogens with zero attached hydrogens (tertiary/aromatic N) is 3.